The van der Waals surface area contributed by atoms with Crippen LogP contribution in [0.5, 0.6) is 0 Å². The number of hydrogen-bond donors (Lipinski definition) is 1. The molecule has 0 saturated carbocycles. The number of hydrogen-bond acceptors (Lipinski definition) is 4. The van der Waals surface area contributed by atoms with E-state index in [0.29, 0.717) is 37.3 Å². The van der Waals surface area contributed by atoms with Crippen molar-refractivity contribution in [3.63, 3.8) is 0 Å². The summed E-state index contributed by atoms with van der Waals surface area (Å²) in [4.78, 5) is 21.2. The maximum atomic E-state index is 12.8. The second-order valence-corrected chi connectivity index (χ2v) is 6.29. The summed E-state index contributed by atoms with van der Waals surface area (Å²) in [5, 5.41) is 0.631. The molecule has 2 aromatic rings. The Labute approximate surface area is 147 Å². The third-order valence-electron chi connectivity index (χ3n) is 4.11. The molecule has 2 heterocycles. The molecule has 0 spiro atoms. The van der Waals surface area contributed by atoms with Crippen LogP contribution in [0, 0.1) is 6.92 Å². The zero-order valence-electron chi connectivity index (χ0n) is 13.4. The molecular weight excluding hydrogens is 357 g/mol. The van der Waals surface area contributed by atoms with Crippen molar-refractivity contribution in [1.82, 2.24) is 9.97 Å². The Bertz CT molecular complexity index is 829. The number of aromatic amines is 1. The fourth-order valence-electron chi connectivity index (χ4n) is 2.82. The molecule has 0 amide bonds. The number of piperazine rings is 1. The van der Waals surface area contributed by atoms with Gasteiger partial charge in [-0.1, -0.05) is 17.7 Å². The first-order valence-corrected chi connectivity index (χ1v) is 8.06. The molecule has 0 unspecified atom stereocenters. The molecule has 0 bridgehead atoms. The molecule has 9 heteroatoms. The summed E-state index contributed by atoms with van der Waals surface area (Å²) in [6, 6.07) is 6.08. The number of aryl methyl sites for hydroxylation is 1. The summed E-state index contributed by atoms with van der Waals surface area (Å²) in [6.07, 6.45) is -4.65. The lowest BCUT2D eigenvalue weighted by Crippen LogP contribution is -2.47. The molecule has 1 aromatic heterocycles. The minimum atomic E-state index is -4.65. The molecule has 0 atom stereocenters. The molecule has 0 radical (unpaired) electrons. The van der Waals surface area contributed by atoms with Crippen LogP contribution in [0.4, 0.5) is 24.8 Å². The lowest BCUT2D eigenvalue weighted by atomic mass is 10.1. The summed E-state index contributed by atoms with van der Waals surface area (Å²) < 4.78 is 38.5. The van der Waals surface area contributed by atoms with Crippen LogP contribution in [0.25, 0.3) is 0 Å². The maximum Gasteiger partial charge on any atom is 0.433 e. The molecule has 1 fully saturated rings. The number of halogens is 4. The first-order chi connectivity index (χ1) is 11.7. The van der Waals surface area contributed by atoms with E-state index in [1.54, 1.807) is 4.90 Å². The van der Waals surface area contributed by atoms with E-state index in [0.717, 1.165) is 11.3 Å². The lowest BCUT2D eigenvalue weighted by Gasteiger charge is -2.37. The SMILES string of the molecule is Cc1ccc(Cl)cc1N1CCN(c2nc(C(F)(F)F)cc(=O)[nH]2)CC1. The zero-order chi connectivity index (χ0) is 18.2. The van der Waals surface area contributed by atoms with Crippen molar-refractivity contribution in [2.24, 2.45) is 0 Å². The van der Waals surface area contributed by atoms with E-state index in [-0.39, 0.29) is 5.95 Å². The average Bonchev–Trinajstić information content (AvgIpc) is 2.56. The Morgan fingerprint density at radius 3 is 2.40 bits per heavy atom. The molecule has 1 aliphatic rings. The molecule has 1 saturated heterocycles. The Morgan fingerprint density at radius 2 is 1.76 bits per heavy atom. The normalized spacial score (nSPS) is 15.6. The fourth-order valence-corrected chi connectivity index (χ4v) is 2.99. The number of nitrogens with zero attached hydrogens (tertiary/aromatic N) is 3. The second kappa shape index (κ2) is 6.59. The van der Waals surface area contributed by atoms with Gasteiger partial charge in [0.2, 0.25) is 5.95 Å². The predicted molar refractivity (Wildman–Crippen MR) is 90.5 cm³/mol. The van der Waals surface area contributed by atoms with Crippen LogP contribution in [0.15, 0.2) is 29.1 Å². The molecular formula is C16H16ClF3N4O. The molecule has 5 nitrogen and oxygen atoms in total. The molecule has 25 heavy (non-hydrogen) atoms. The number of alkyl halides is 3. The van der Waals surface area contributed by atoms with Gasteiger partial charge in [0.15, 0.2) is 5.69 Å². The summed E-state index contributed by atoms with van der Waals surface area (Å²) in [5.41, 5.74) is 0.0749. The van der Waals surface area contributed by atoms with Gasteiger partial charge in [0, 0.05) is 43.0 Å². The summed E-state index contributed by atoms with van der Waals surface area (Å²) in [7, 11) is 0. The van der Waals surface area contributed by atoms with Crippen molar-refractivity contribution < 1.29 is 13.2 Å². The summed E-state index contributed by atoms with van der Waals surface area (Å²) in [6.45, 7) is 4.03. The quantitative estimate of drug-likeness (QED) is 0.880. The minimum Gasteiger partial charge on any atom is -0.368 e. The van der Waals surface area contributed by atoms with Crippen LogP contribution >= 0.6 is 11.6 Å². The Morgan fingerprint density at radius 1 is 1.12 bits per heavy atom. The van der Waals surface area contributed by atoms with Gasteiger partial charge in [0.05, 0.1) is 0 Å². The fraction of sp³-hybridized carbons (Fsp3) is 0.375. The van der Waals surface area contributed by atoms with E-state index in [2.05, 4.69) is 14.9 Å². The number of anilines is 2. The van der Waals surface area contributed by atoms with Gasteiger partial charge in [-0.2, -0.15) is 13.2 Å². The number of rotatable bonds is 2. The highest BCUT2D eigenvalue weighted by Gasteiger charge is 2.34. The standard InChI is InChI=1S/C16H16ClF3N4O/c1-10-2-3-11(17)8-12(10)23-4-6-24(7-5-23)15-21-13(16(18,19)20)9-14(25)22-15/h2-3,8-9H,4-7H2,1H3,(H,21,22,25). The Hall–Kier alpha value is -2.22. The largest absolute Gasteiger partial charge is 0.433 e. The van der Waals surface area contributed by atoms with E-state index in [1.807, 2.05) is 25.1 Å². The van der Waals surface area contributed by atoms with Gasteiger partial charge in [-0.25, -0.2) is 4.98 Å². The monoisotopic (exact) mass is 372 g/mol. The van der Waals surface area contributed by atoms with E-state index in [4.69, 9.17) is 11.6 Å². The highest BCUT2D eigenvalue weighted by molar-refractivity contribution is 6.30. The topological polar surface area (TPSA) is 52.2 Å². The highest BCUT2D eigenvalue weighted by Crippen LogP contribution is 2.28. The number of nitrogens with one attached hydrogen (secondary N) is 1. The Balaban J connectivity index is 1.78. The summed E-state index contributed by atoms with van der Waals surface area (Å²) in [5.74, 6) is -0.0534. The third-order valence-corrected chi connectivity index (χ3v) is 4.35. The number of benzene rings is 1. The molecule has 134 valence electrons. The van der Waals surface area contributed by atoms with Gasteiger partial charge in [-0.15, -0.1) is 0 Å². The van der Waals surface area contributed by atoms with Crippen molar-refractivity contribution in [1.29, 1.82) is 0 Å². The van der Waals surface area contributed by atoms with E-state index >= 15 is 0 Å². The first-order valence-electron chi connectivity index (χ1n) is 7.68. The summed E-state index contributed by atoms with van der Waals surface area (Å²) >= 11 is 6.04. The van der Waals surface area contributed by atoms with E-state index < -0.39 is 17.4 Å². The zero-order valence-corrected chi connectivity index (χ0v) is 14.2. The number of H-pyrrole nitrogens is 1. The molecule has 1 aliphatic heterocycles. The smallest absolute Gasteiger partial charge is 0.368 e. The minimum absolute atomic E-state index is 0.0534. The van der Waals surface area contributed by atoms with Gasteiger partial charge in [0.25, 0.3) is 5.56 Å². The molecule has 1 N–H and O–H groups in total. The first kappa shape index (κ1) is 17.6. The average molecular weight is 373 g/mol. The number of aromatic nitrogens is 2. The van der Waals surface area contributed by atoms with Crippen LogP contribution in [-0.2, 0) is 6.18 Å². The van der Waals surface area contributed by atoms with Crippen LogP contribution < -0.4 is 15.4 Å². The maximum absolute atomic E-state index is 12.8. The van der Waals surface area contributed by atoms with Crippen molar-refractivity contribution in [3.05, 3.63) is 50.9 Å². The predicted octanol–water partition coefficient (Wildman–Crippen LogP) is 3.08. The van der Waals surface area contributed by atoms with Crippen molar-refractivity contribution >= 4 is 23.2 Å². The van der Waals surface area contributed by atoms with Gasteiger partial charge in [-0.05, 0) is 24.6 Å². The van der Waals surface area contributed by atoms with Crippen LogP contribution in [-0.4, -0.2) is 36.1 Å². The second-order valence-electron chi connectivity index (χ2n) is 5.86. The van der Waals surface area contributed by atoms with Crippen molar-refractivity contribution in [2.45, 2.75) is 13.1 Å². The van der Waals surface area contributed by atoms with Gasteiger partial charge in [0.1, 0.15) is 0 Å². The van der Waals surface area contributed by atoms with Crippen molar-refractivity contribution in [3.8, 4) is 0 Å². The van der Waals surface area contributed by atoms with E-state index in [1.165, 1.54) is 0 Å². The van der Waals surface area contributed by atoms with Gasteiger partial charge >= 0.3 is 6.18 Å². The third kappa shape index (κ3) is 3.89. The van der Waals surface area contributed by atoms with Crippen LogP contribution in [0.3, 0.4) is 0 Å². The van der Waals surface area contributed by atoms with Crippen molar-refractivity contribution in [2.75, 3.05) is 36.0 Å². The molecule has 3 rings (SSSR count). The molecule has 1 aromatic carbocycles. The van der Waals surface area contributed by atoms with Gasteiger partial charge in [-0.3, -0.25) is 9.78 Å². The lowest BCUT2D eigenvalue weighted by molar-refractivity contribution is -0.141. The van der Waals surface area contributed by atoms with Crippen LogP contribution in [0.2, 0.25) is 5.02 Å². The van der Waals surface area contributed by atoms with Gasteiger partial charge < -0.3 is 9.80 Å². The highest BCUT2D eigenvalue weighted by atomic mass is 35.5. The Kier molecular flexibility index (Phi) is 4.64. The van der Waals surface area contributed by atoms with Crippen LogP contribution in [0.1, 0.15) is 11.3 Å². The molecule has 0 aliphatic carbocycles. The van der Waals surface area contributed by atoms with E-state index in [9.17, 15) is 18.0 Å².